The number of nitrogens with two attached hydrogens (primary N) is 1. The second-order valence-electron chi connectivity index (χ2n) is 3.42. The fraction of sp³-hybridized carbons (Fsp3) is 0.300. The third kappa shape index (κ3) is 1.35. The second-order valence-corrected chi connectivity index (χ2v) is 4.28. The van der Waals surface area contributed by atoms with E-state index in [2.05, 4.69) is 20.9 Å². The van der Waals surface area contributed by atoms with Crippen LogP contribution in [0.2, 0.25) is 0 Å². The summed E-state index contributed by atoms with van der Waals surface area (Å²) in [6.45, 7) is 3.95. The molecule has 0 radical (unpaired) electrons. The summed E-state index contributed by atoms with van der Waals surface area (Å²) in [5.74, 6) is 0. The van der Waals surface area contributed by atoms with Crippen LogP contribution in [0.1, 0.15) is 24.4 Å². The van der Waals surface area contributed by atoms with Crippen molar-refractivity contribution in [1.82, 2.24) is 9.38 Å². The molecule has 0 aliphatic carbocycles. The average Bonchev–Trinajstić information content (AvgIpc) is 2.42. The molecule has 0 aliphatic heterocycles. The van der Waals surface area contributed by atoms with Gasteiger partial charge in [-0.3, -0.25) is 0 Å². The van der Waals surface area contributed by atoms with Crippen LogP contribution in [0.15, 0.2) is 22.8 Å². The van der Waals surface area contributed by atoms with E-state index >= 15 is 0 Å². The normalized spacial score (nSPS) is 13.4. The molecule has 1 atom stereocenters. The van der Waals surface area contributed by atoms with Crippen LogP contribution in [0.3, 0.4) is 0 Å². The predicted octanol–water partition coefficient (Wildman–Crippen LogP) is 2.42. The van der Waals surface area contributed by atoms with E-state index in [4.69, 9.17) is 5.73 Å². The van der Waals surface area contributed by atoms with Crippen LogP contribution in [0.5, 0.6) is 0 Å². The number of hydrogen-bond acceptors (Lipinski definition) is 2. The monoisotopic (exact) mass is 253 g/mol. The average molecular weight is 254 g/mol. The molecule has 0 fully saturated rings. The Bertz CT molecular complexity index is 473. The Morgan fingerprint density at radius 2 is 2.29 bits per heavy atom. The molecule has 1 unspecified atom stereocenters. The van der Waals surface area contributed by atoms with Gasteiger partial charge in [0, 0.05) is 12.2 Å². The number of rotatable bonds is 1. The van der Waals surface area contributed by atoms with Crippen molar-refractivity contribution >= 4 is 21.6 Å². The quantitative estimate of drug-likeness (QED) is 0.849. The third-order valence-corrected chi connectivity index (χ3v) is 2.87. The number of imidazole rings is 1. The molecule has 0 spiro atoms. The highest BCUT2D eigenvalue weighted by Gasteiger charge is 2.13. The lowest BCUT2D eigenvalue weighted by atomic mass is 10.2. The molecule has 0 saturated carbocycles. The van der Waals surface area contributed by atoms with Gasteiger partial charge < -0.3 is 10.1 Å². The second kappa shape index (κ2) is 3.37. The van der Waals surface area contributed by atoms with E-state index in [-0.39, 0.29) is 6.04 Å². The van der Waals surface area contributed by atoms with Gasteiger partial charge in [-0.1, -0.05) is 0 Å². The molecular weight excluding hydrogens is 242 g/mol. The fourth-order valence-corrected chi connectivity index (χ4v) is 2.15. The summed E-state index contributed by atoms with van der Waals surface area (Å²) in [4.78, 5) is 4.47. The summed E-state index contributed by atoms with van der Waals surface area (Å²) in [6, 6.07) is 3.95. The maximum atomic E-state index is 5.90. The van der Waals surface area contributed by atoms with Gasteiger partial charge in [-0.05, 0) is 41.9 Å². The summed E-state index contributed by atoms with van der Waals surface area (Å²) in [7, 11) is 0. The number of halogens is 1. The van der Waals surface area contributed by atoms with Crippen LogP contribution < -0.4 is 5.73 Å². The van der Waals surface area contributed by atoms with E-state index in [1.807, 2.05) is 36.6 Å². The molecule has 2 N–H and O–H groups in total. The maximum absolute atomic E-state index is 5.90. The number of pyridine rings is 1. The number of aromatic nitrogens is 2. The minimum Gasteiger partial charge on any atom is -0.323 e. The summed E-state index contributed by atoms with van der Waals surface area (Å²) in [5.41, 5.74) is 8.89. The van der Waals surface area contributed by atoms with Crippen molar-refractivity contribution in [2.24, 2.45) is 5.73 Å². The first kappa shape index (κ1) is 9.68. The lowest BCUT2D eigenvalue weighted by Crippen LogP contribution is -2.09. The van der Waals surface area contributed by atoms with Crippen LogP contribution >= 0.6 is 15.9 Å². The Morgan fingerprint density at radius 3 is 2.93 bits per heavy atom. The van der Waals surface area contributed by atoms with E-state index in [0.717, 1.165) is 21.5 Å². The Hall–Kier alpha value is -0.870. The lowest BCUT2D eigenvalue weighted by molar-refractivity contribution is 0.761. The van der Waals surface area contributed by atoms with E-state index in [0.29, 0.717) is 0 Å². The first-order valence-corrected chi connectivity index (χ1v) is 5.29. The fourth-order valence-electron chi connectivity index (χ4n) is 1.71. The van der Waals surface area contributed by atoms with Crippen molar-refractivity contribution in [3.05, 3.63) is 34.2 Å². The van der Waals surface area contributed by atoms with Gasteiger partial charge in [-0.25, -0.2) is 4.98 Å². The van der Waals surface area contributed by atoms with Crippen molar-refractivity contribution in [3.8, 4) is 0 Å². The maximum Gasteiger partial charge on any atom is 0.151 e. The number of fused-ring (bicyclic) bond motifs is 1. The number of nitrogens with zero attached hydrogens (tertiary/aromatic N) is 2. The molecule has 4 heteroatoms. The molecule has 0 saturated heterocycles. The van der Waals surface area contributed by atoms with Crippen LogP contribution in [0, 0.1) is 6.92 Å². The summed E-state index contributed by atoms with van der Waals surface area (Å²) >= 11 is 3.47. The molecule has 0 aromatic carbocycles. The Kier molecular flexibility index (Phi) is 2.33. The molecular formula is C10H12BrN3. The minimum atomic E-state index is -0.000648. The van der Waals surface area contributed by atoms with Gasteiger partial charge >= 0.3 is 0 Å². The van der Waals surface area contributed by atoms with Crippen LogP contribution in [-0.4, -0.2) is 9.38 Å². The smallest absolute Gasteiger partial charge is 0.151 e. The highest BCUT2D eigenvalue weighted by Crippen LogP contribution is 2.22. The van der Waals surface area contributed by atoms with Crippen LogP contribution in [0.25, 0.3) is 5.65 Å². The highest BCUT2D eigenvalue weighted by atomic mass is 79.9. The lowest BCUT2D eigenvalue weighted by Gasteiger charge is -2.06. The zero-order valence-corrected chi connectivity index (χ0v) is 9.75. The molecule has 0 amide bonds. The molecule has 0 bridgehead atoms. The van der Waals surface area contributed by atoms with Crippen molar-refractivity contribution in [3.63, 3.8) is 0 Å². The van der Waals surface area contributed by atoms with Gasteiger partial charge in [-0.2, -0.15) is 0 Å². The van der Waals surface area contributed by atoms with Gasteiger partial charge in [0.1, 0.15) is 0 Å². The van der Waals surface area contributed by atoms with Gasteiger partial charge in [0.15, 0.2) is 5.65 Å². The van der Waals surface area contributed by atoms with Gasteiger partial charge in [0.2, 0.25) is 0 Å². The summed E-state index contributed by atoms with van der Waals surface area (Å²) in [5, 5.41) is 0. The van der Waals surface area contributed by atoms with Gasteiger partial charge in [-0.15, -0.1) is 0 Å². The van der Waals surface area contributed by atoms with Crippen molar-refractivity contribution in [1.29, 1.82) is 0 Å². The molecule has 2 rings (SSSR count). The molecule has 3 nitrogen and oxygen atoms in total. The summed E-state index contributed by atoms with van der Waals surface area (Å²) in [6.07, 6.45) is 1.98. The van der Waals surface area contributed by atoms with Gasteiger partial charge in [0.25, 0.3) is 0 Å². The molecule has 0 aliphatic rings. The van der Waals surface area contributed by atoms with E-state index in [1.54, 1.807) is 0 Å². The largest absolute Gasteiger partial charge is 0.323 e. The first-order chi connectivity index (χ1) is 6.61. The zero-order valence-electron chi connectivity index (χ0n) is 8.16. The SMILES string of the molecule is Cc1nc2c(Br)cccn2c1C(C)N. The van der Waals surface area contributed by atoms with E-state index in [1.165, 1.54) is 0 Å². The molecule has 2 aromatic rings. The number of hydrogen-bond donors (Lipinski definition) is 1. The molecule has 2 heterocycles. The number of aryl methyl sites for hydroxylation is 1. The third-order valence-electron chi connectivity index (χ3n) is 2.25. The molecule has 74 valence electrons. The molecule has 14 heavy (non-hydrogen) atoms. The summed E-state index contributed by atoms with van der Waals surface area (Å²) < 4.78 is 3.03. The standard InChI is InChI=1S/C10H12BrN3/c1-6(12)9-7(2)13-10-8(11)4-3-5-14(9)10/h3-6H,12H2,1-2H3. The van der Waals surface area contributed by atoms with Crippen LogP contribution in [0.4, 0.5) is 0 Å². The van der Waals surface area contributed by atoms with Crippen molar-refractivity contribution in [2.75, 3.05) is 0 Å². The van der Waals surface area contributed by atoms with Crippen molar-refractivity contribution in [2.45, 2.75) is 19.9 Å². The zero-order chi connectivity index (χ0) is 10.3. The van der Waals surface area contributed by atoms with Gasteiger partial charge in [0.05, 0.1) is 15.9 Å². The Morgan fingerprint density at radius 1 is 1.57 bits per heavy atom. The molecule has 2 aromatic heterocycles. The van der Waals surface area contributed by atoms with Crippen LogP contribution in [-0.2, 0) is 0 Å². The van der Waals surface area contributed by atoms with Crippen molar-refractivity contribution < 1.29 is 0 Å². The highest BCUT2D eigenvalue weighted by molar-refractivity contribution is 9.10. The van der Waals surface area contributed by atoms with E-state index in [9.17, 15) is 0 Å². The Balaban J connectivity index is 2.83. The Labute approximate surface area is 91.1 Å². The van der Waals surface area contributed by atoms with E-state index < -0.39 is 0 Å². The topological polar surface area (TPSA) is 43.3 Å². The predicted molar refractivity (Wildman–Crippen MR) is 60.2 cm³/mol. The first-order valence-electron chi connectivity index (χ1n) is 4.50. The minimum absolute atomic E-state index is 0.000648.